The molecule has 0 fully saturated rings. The molecule has 0 aromatic heterocycles. The average molecular weight is 327 g/mol. The minimum atomic E-state index is -4.46. The SMILES string of the molecule is N=C(N)C(CSc1ccc(Br)cc1)C(F)(F)F. The van der Waals surface area contributed by atoms with E-state index in [4.69, 9.17) is 11.1 Å². The van der Waals surface area contributed by atoms with Crippen molar-refractivity contribution < 1.29 is 13.2 Å². The van der Waals surface area contributed by atoms with Gasteiger partial charge in [-0.2, -0.15) is 13.2 Å². The molecule has 0 heterocycles. The number of alkyl halides is 3. The summed E-state index contributed by atoms with van der Waals surface area (Å²) in [5, 5.41) is 6.94. The van der Waals surface area contributed by atoms with E-state index in [1.165, 1.54) is 0 Å². The summed E-state index contributed by atoms with van der Waals surface area (Å²) in [6.45, 7) is 0. The van der Waals surface area contributed by atoms with Crippen molar-refractivity contribution in [2.24, 2.45) is 11.7 Å². The highest BCUT2D eigenvalue weighted by atomic mass is 79.9. The molecule has 1 aromatic rings. The van der Waals surface area contributed by atoms with Gasteiger partial charge in [0, 0.05) is 15.1 Å². The molecule has 0 aliphatic heterocycles. The highest BCUT2D eigenvalue weighted by Crippen LogP contribution is 2.31. The molecule has 17 heavy (non-hydrogen) atoms. The second kappa shape index (κ2) is 5.77. The monoisotopic (exact) mass is 326 g/mol. The number of halogens is 4. The highest BCUT2D eigenvalue weighted by molar-refractivity contribution is 9.10. The lowest BCUT2D eigenvalue weighted by atomic mass is 10.1. The van der Waals surface area contributed by atoms with Crippen LogP contribution in [0.2, 0.25) is 0 Å². The summed E-state index contributed by atoms with van der Waals surface area (Å²) in [5.41, 5.74) is 4.95. The quantitative estimate of drug-likeness (QED) is 0.504. The summed E-state index contributed by atoms with van der Waals surface area (Å²) in [6.07, 6.45) is -4.46. The predicted molar refractivity (Wildman–Crippen MR) is 66.3 cm³/mol. The lowest BCUT2D eigenvalue weighted by molar-refractivity contribution is -0.149. The first-order valence-corrected chi connectivity index (χ1v) is 6.37. The van der Waals surface area contributed by atoms with Crippen LogP contribution in [-0.2, 0) is 0 Å². The highest BCUT2D eigenvalue weighted by Gasteiger charge is 2.41. The molecule has 1 aromatic carbocycles. The number of thioether (sulfide) groups is 1. The summed E-state index contributed by atoms with van der Waals surface area (Å²) in [4.78, 5) is 0.712. The van der Waals surface area contributed by atoms with Crippen molar-refractivity contribution in [2.75, 3.05) is 5.75 Å². The molecule has 3 N–H and O–H groups in total. The Morgan fingerprint density at radius 3 is 2.29 bits per heavy atom. The first-order valence-electron chi connectivity index (χ1n) is 4.59. The van der Waals surface area contributed by atoms with Gasteiger partial charge >= 0.3 is 6.18 Å². The third-order valence-corrected chi connectivity index (χ3v) is 3.64. The van der Waals surface area contributed by atoms with Gasteiger partial charge < -0.3 is 5.73 Å². The van der Waals surface area contributed by atoms with Gasteiger partial charge in [-0.1, -0.05) is 15.9 Å². The van der Waals surface area contributed by atoms with Gasteiger partial charge in [-0.05, 0) is 24.3 Å². The Kier molecular flexibility index (Phi) is 4.88. The Bertz CT molecular complexity index is 392. The molecular formula is C10H10BrF3N2S. The minimum Gasteiger partial charge on any atom is -0.387 e. The van der Waals surface area contributed by atoms with Crippen LogP contribution >= 0.6 is 27.7 Å². The summed E-state index contributed by atoms with van der Waals surface area (Å²) in [5.74, 6) is -3.02. The van der Waals surface area contributed by atoms with Crippen LogP contribution in [0.5, 0.6) is 0 Å². The van der Waals surface area contributed by atoms with Crippen molar-refractivity contribution in [2.45, 2.75) is 11.1 Å². The number of amidine groups is 1. The molecule has 0 saturated heterocycles. The van der Waals surface area contributed by atoms with Gasteiger partial charge in [0.2, 0.25) is 0 Å². The molecule has 94 valence electrons. The van der Waals surface area contributed by atoms with E-state index in [1.807, 2.05) is 0 Å². The van der Waals surface area contributed by atoms with Gasteiger partial charge in [-0.3, -0.25) is 5.41 Å². The maximum absolute atomic E-state index is 12.5. The third kappa shape index (κ3) is 4.59. The Morgan fingerprint density at radius 2 is 1.88 bits per heavy atom. The second-order valence-corrected chi connectivity index (χ2v) is 5.32. The zero-order valence-electron chi connectivity index (χ0n) is 8.59. The summed E-state index contributed by atoms with van der Waals surface area (Å²) < 4.78 is 38.3. The van der Waals surface area contributed by atoms with E-state index in [0.717, 1.165) is 16.2 Å². The molecule has 1 rings (SSSR count). The lowest BCUT2D eigenvalue weighted by Crippen LogP contribution is -2.36. The van der Waals surface area contributed by atoms with E-state index < -0.39 is 17.9 Å². The first-order chi connectivity index (χ1) is 7.80. The maximum atomic E-state index is 12.5. The number of hydrogen-bond donors (Lipinski definition) is 2. The maximum Gasteiger partial charge on any atom is 0.399 e. The van der Waals surface area contributed by atoms with Gasteiger partial charge in [-0.15, -0.1) is 11.8 Å². The fraction of sp³-hybridized carbons (Fsp3) is 0.300. The van der Waals surface area contributed by atoms with Gasteiger partial charge in [0.05, 0.1) is 0 Å². The van der Waals surface area contributed by atoms with Crippen LogP contribution < -0.4 is 5.73 Å². The number of hydrogen-bond acceptors (Lipinski definition) is 2. The average Bonchev–Trinajstić information content (AvgIpc) is 2.18. The van der Waals surface area contributed by atoms with Gasteiger partial charge in [0.15, 0.2) is 0 Å². The minimum absolute atomic E-state index is 0.277. The number of rotatable bonds is 4. The van der Waals surface area contributed by atoms with Crippen LogP contribution in [0.1, 0.15) is 0 Å². The van der Waals surface area contributed by atoms with Crippen molar-refractivity contribution in [1.29, 1.82) is 5.41 Å². The number of benzene rings is 1. The smallest absolute Gasteiger partial charge is 0.387 e. The summed E-state index contributed by atoms with van der Waals surface area (Å²) in [7, 11) is 0. The van der Waals surface area contributed by atoms with Crippen molar-refractivity contribution in [3.63, 3.8) is 0 Å². The van der Waals surface area contributed by atoms with Crippen LogP contribution in [0.4, 0.5) is 13.2 Å². The molecular weight excluding hydrogens is 317 g/mol. The zero-order valence-corrected chi connectivity index (χ0v) is 11.0. The summed E-state index contributed by atoms with van der Waals surface area (Å²) in [6, 6.07) is 6.92. The molecule has 0 aliphatic rings. The van der Waals surface area contributed by atoms with Crippen molar-refractivity contribution in [3.8, 4) is 0 Å². The number of nitrogens with two attached hydrogens (primary N) is 1. The molecule has 7 heteroatoms. The van der Waals surface area contributed by atoms with E-state index in [9.17, 15) is 13.2 Å². The normalized spacial score (nSPS) is 13.4. The predicted octanol–water partition coefficient (Wildman–Crippen LogP) is 3.66. The molecule has 2 nitrogen and oxygen atoms in total. The Labute approximate surface area is 109 Å². The summed E-state index contributed by atoms with van der Waals surface area (Å²) >= 11 is 4.27. The van der Waals surface area contributed by atoms with E-state index in [-0.39, 0.29) is 5.75 Å². The molecule has 0 amide bonds. The van der Waals surface area contributed by atoms with Crippen molar-refractivity contribution in [1.82, 2.24) is 0 Å². The van der Waals surface area contributed by atoms with E-state index in [1.54, 1.807) is 24.3 Å². The van der Waals surface area contributed by atoms with Crippen molar-refractivity contribution >= 4 is 33.5 Å². The van der Waals surface area contributed by atoms with Crippen LogP contribution in [0.15, 0.2) is 33.6 Å². The molecule has 1 atom stereocenters. The van der Waals surface area contributed by atoms with Crippen molar-refractivity contribution in [3.05, 3.63) is 28.7 Å². The first kappa shape index (κ1) is 14.4. The molecule has 0 bridgehead atoms. The molecule has 0 aliphatic carbocycles. The Balaban J connectivity index is 2.65. The van der Waals surface area contributed by atoms with E-state index >= 15 is 0 Å². The third-order valence-electron chi connectivity index (χ3n) is 2.00. The van der Waals surface area contributed by atoms with Gasteiger partial charge in [0.1, 0.15) is 11.8 Å². The van der Waals surface area contributed by atoms with Crippen LogP contribution in [0, 0.1) is 11.3 Å². The number of nitrogens with one attached hydrogen (secondary N) is 1. The van der Waals surface area contributed by atoms with Crippen LogP contribution in [-0.4, -0.2) is 17.8 Å². The fourth-order valence-corrected chi connectivity index (χ4v) is 2.39. The second-order valence-electron chi connectivity index (χ2n) is 3.31. The lowest BCUT2D eigenvalue weighted by Gasteiger charge is -2.18. The van der Waals surface area contributed by atoms with Gasteiger partial charge in [-0.25, -0.2) is 0 Å². The molecule has 1 unspecified atom stereocenters. The largest absolute Gasteiger partial charge is 0.399 e. The molecule has 0 radical (unpaired) electrons. The van der Waals surface area contributed by atoms with Crippen LogP contribution in [0.3, 0.4) is 0 Å². The zero-order chi connectivity index (χ0) is 13.1. The van der Waals surface area contributed by atoms with Crippen LogP contribution in [0.25, 0.3) is 0 Å². The van der Waals surface area contributed by atoms with Gasteiger partial charge in [0.25, 0.3) is 0 Å². The molecule has 0 saturated carbocycles. The fourth-order valence-electron chi connectivity index (χ4n) is 1.07. The van der Waals surface area contributed by atoms with E-state index in [0.29, 0.717) is 4.90 Å². The Morgan fingerprint density at radius 1 is 1.35 bits per heavy atom. The topological polar surface area (TPSA) is 49.9 Å². The Hall–Kier alpha value is -0.690. The standard InChI is InChI=1S/C10H10BrF3N2S/c11-6-1-3-7(4-2-6)17-5-8(9(15)16)10(12,13)14/h1-4,8H,5H2,(H3,15,16). The molecule has 0 spiro atoms. The van der Waals surface area contributed by atoms with E-state index in [2.05, 4.69) is 15.9 Å².